The third-order valence-corrected chi connectivity index (χ3v) is 4.61. The molecular weight excluding hydrogens is 365 g/mol. The molecule has 150 valence electrons. The number of anilines is 1. The van der Waals surface area contributed by atoms with Crippen LogP contribution in [-0.2, 0) is 20.9 Å². The van der Waals surface area contributed by atoms with Gasteiger partial charge in [-0.3, -0.25) is 14.3 Å². The summed E-state index contributed by atoms with van der Waals surface area (Å²) in [5.41, 5.74) is 1.03. The molecular formula is C19H24FN5O3. The Balaban J connectivity index is 1.76. The monoisotopic (exact) mass is 389 g/mol. The third-order valence-electron chi connectivity index (χ3n) is 4.61. The number of carbonyl (C=O) groups is 2. The molecule has 1 aromatic carbocycles. The van der Waals surface area contributed by atoms with Crippen LogP contribution < -0.4 is 5.32 Å². The Labute approximate surface area is 162 Å². The minimum Gasteiger partial charge on any atom is -0.356 e. The van der Waals surface area contributed by atoms with Crippen molar-refractivity contribution in [1.82, 2.24) is 19.6 Å². The highest BCUT2D eigenvalue weighted by atomic mass is 19.1. The molecule has 1 aromatic heterocycles. The van der Waals surface area contributed by atoms with E-state index in [1.165, 1.54) is 17.0 Å². The second-order valence-electron chi connectivity index (χ2n) is 7.02. The van der Waals surface area contributed by atoms with E-state index in [2.05, 4.69) is 10.4 Å². The highest BCUT2D eigenvalue weighted by Gasteiger charge is 2.40. The zero-order valence-corrected chi connectivity index (χ0v) is 16.1. The normalized spacial score (nSPS) is 19.9. The summed E-state index contributed by atoms with van der Waals surface area (Å²) in [7, 11) is 5.52. The van der Waals surface area contributed by atoms with Crippen LogP contribution in [0.15, 0.2) is 36.7 Å². The molecule has 3 rings (SSSR count). The quantitative estimate of drug-likeness (QED) is 0.801. The lowest BCUT2D eigenvalue weighted by molar-refractivity contribution is -0.160. The first-order valence-corrected chi connectivity index (χ1v) is 8.96. The van der Waals surface area contributed by atoms with Crippen LogP contribution in [0.4, 0.5) is 10.1 Å². The molecule has 1 aliphatic rings. The van der Waals surface area contributed by atoms with Gasteiger partial charge >= 0.3 is 0 Å². The number of halogens is 1. The minimum absolute atomic E-state index is 0.206. The van der Waals surface area contributed by atoms with Crippen molar-refractivity contribution in [1.29, 1.82) is 0 Å². The zero-order chi connectivity index (χ0) is 20.3. The fourth-order valence-electron chi connectivity index (χ4n) is 3.09. The number of hydrogen-bond donors (Lipinski definition) is 1. The van der Waals surface area contributed by atoms with Gasteiger partial charge in [-0.25, -0.2) is 4.39 Å². The smallest absolute Gasteiger partial charge is 0.256 e. The molecule has 0 aliphatic carbocycles. The molecule has 2 atom stereocenters. The van der Waals surface area contributed by atoms with Gasteiger partial charge in [0.2, 0.25) is 5.91 Å². The number of rotatable bonds is 6. The minimum atomic E-state index is -0.963. The molecule has 8 nitrogen and oxygen atoms in total. The lowest BCUT2D eigenvalue weighted by atomic mass is 9.97. The van der Waals surface area contributed by atoms with Gasteiger partial charge in [0, 0.05) is 19.8 Å². The van der Waals surface area contributed by atoms with E-state index < -0.39 is 23.9 Å². The Hall–Kier alpha value is -2.78. The van der Waals surface area contributed by atoms with E-state index in [0.29, 0.717) is 17.8 Å². The third kappa shape index (κ3) is 4.55. The fraction of sp³-hybridized carbons (Fsp3) is 0.421. The Morgan fingerprint density at radius 1 is 1.43 bits per heavy atom. The number of amides is 2. The number of hydrogen-bond acceptors (Lipinski definition) is 5. The standard InChI is InChI=1S/C19H24FN5O3/c1-23(2)7-8-25-11-15(10-21-25)22-19(27)18-17(24(3)16(26)12-28-18)13-5-4-6-14(20)9-13/h4-6,9-11,17-18H,7-8,12H2,1-3H3,(H,22,27). The van der Waals surface area contributed by atoms with E-state index in [4.69, 9.17) is 4.74 Å². The summed E-state index contributed by atoms with van der Waals surface area (Å²) in [5.74, 6) is -1.12. The number of nitrogens with zero attached hydrogens (tertiary/aromatic N) is 4. The zero-order valence-electron chi connectivity index (χ0n) is 16.1. The van der Waals surface area contributed by atoms with Crippen molar-refractivity contribution in [3.05, 3.63) is 48.0 Å². The second-order valence-corrected chi connectivity index (χ2v) is 7.02. The number of aromatic nitrogens is 2. The topological polar surface area (TPSA) is 79.7 Å². The van der Waals surface area contributed by atoms with Crippen LogP contribution in [0.25, 0.3) is 0 Å². The highest BCUT2D eigenvalue weighted by Crippen LogP contribution is 2.30. The van der Waals surface area contributed by atoms with Crippen molar-refractivity contribution in [2.24, 2.45) is 0 Å². The molecule has 2 unspecified atom stereocenters. The summed E-state index contributed by atoms with van der Waals surface area (Å²) < 4.78 is 21.0. The van der Waals surface area contributed by atoms with Crippen LogP contribution in [0, 0.1) is 5.82 Å². The van der Waals surface area contributed by atoms with Gasteiger partial charge in [0.1, 0.15) is 12.4 Å². The van der Waals surface area contributed by atoms with Gasteiger partial charge in [0.05, 0.1) is 24.5 Å². The molecule has 1 saturated heterocycles. The van der Waals surface area contributed by atoms with Gasteiger partial charge < -0.3 is 19.9 Å². The number of benzene rings is 1. The summed E-state index contributed by atoms with van der Waals surface area (Å²) in [6.07, 6.45) is 2.33. The summed E-state index contributed by atoms with van der Waals surface area (Å²) >= 11 is 0. The number of ether oxygens (including phenoxy) is 1. The molecule has 0 radical (unpaired) electrons. The molecule has 1 fully saturated rings. The van der Waals surface area contributed by atoms with Gasteiger partial charge in [0.15, 0.2) is 6.10 Å². The fourth-order valence-corrected chi connectivity index (χ4v) is 3.09. The van der Waals surface area contributed by atoms with Crippen molar-refractivity contribution < 1.29 is 18.7 Å². The Morgan fingerprint density at radius 3 is 2.93 bits per heavy atom. The number of carbonyl (C=O) groups excluding carboxylic acids is 2. The molecule has 28 heavy (non-hydrogen) atoms. The molecule has 2 amide bonds. The largest absolute Gasteiger partial charge is 0.356 e. The summed E-state index contributed by atoms with van der Waals surface area (Å²) in [5, 5.41) is 7.00. The highest BCUT2D eigenvalue weighted by molar-refractivity contribution is 5.96. The van der Waals surface area contributed by atoms with Crippen LogP contribution in [0.3, 0.4) is 0 Å². The maximum Gasteiger partial charge on any atom is 0.256 e. The Morgan fingerprint density at radius 2 is 2.21 bits per heavy atom. The van der Waals surface area contributed by atoms with Crippen molar-refractivity contribution >= 4 is 17.5 Å². The van der Waals surface area contributed by atoms with E-state index in [1.54, 1.807) is 36.3 Å². The van der Waals surface area contributed by atoms with Gasteiger partial charge in [-0.2, -0.15) is 5.10 Å². The summed E-state index contributed by atoms with van der Waals surface area (Å²) in [6.45, 7) is 1.30. The SMILES string of the molecule is CN(C)CCn1cc(NC(=O)C2OCC(=O)N(C)C2c2cccc(F)c2)cn1. The van der Waals surface area contributed by atoms with Crippen LogP contribution in [0.5, 0.6) is 0 Å². The van der Waals surface area contributed by atoms with Crippen molar-refractivity contribution in [2.75, 3.05) is 39.6 Å². The van der Waals surface area contributed by atoms with E-state index in [0.717, 1.165) is 6.54 Å². The van der Waals surface area contributed by atoms with E-state index in [9.17, 15) is 14.0 Å². The van der Waals surface area contributed by atoms with Gasteiger partial charge in [0.25, 0.3) is 5.91 Å². The van der Waals surface area contributed by atoms with Crippen molar-refractivity contribution in [2.45, 2.75) is 18.7 Å². The van der Waals surface area contributed by atoms with Gasteiger partial charge in [-0.05, 0) is 31.8 Å². The van der Waals surface area contributed by atoms with Crippen LogP contribution in [0.2, 0.25) is 0 Å². The molecule has 9 heteroatoms. The average Bonchev–Trinajstić information content (AvgIpc) is 3.09. The van der Waals surface area contributed by atoms with Crippen LogP contribution in [0.1, 0.15) is 11.6 Å². The van der Waals surface area contributed by atoms with Crippen LogP contribution >= 0.6 is 0 Å². The van der Waals surface area contributed by atoms with Gasteiger partial charge in [-0.15, -0.1) is 0 Å². The average molecular weight is 389 g/mol. The van der Waals surface area contributed by atoms with E-state index in [1.807, 2.05) is 19.0 Å². The Kier molecular flexibility index (Phi) is 6.05. The van der Waals surface area contributed by atoms with Crippen molar-refractivity contribution in [3.8, 4) is 0 Å². The van der Waals surface area contributed by atoms with Gasteiger partial charge in [-0.1, -0.05) is 12.1 Å². The maximum absolute atomic E-state index is 13.7. The van der Waals surface area contributed by atoms with E-state index >= 15 is 0 Å². The lowest BCUT2D eigenvalue weighted by Gasteiger charge is -2.38. The van der Waals surface area contributed by atoms with Crippen molar-refractivity contribution in [3.63, 3.8) is 0 Å². The first kappa shape index (κ1) is 20.0. The summed E-state index contributed by atoms with van der Waals surface area (Å²) in [6, 6.07) is 5.11. The number of nitrogens with one attached hydrogen (secondary N) is 1. The first-order chi connectivity index (χ1) is 13.3. The number of likely N-dealkylation sites (N-methyl/N-ethyl adjacent to an activating group) is 2. The van der Waals surface area contributed by atoms with E-state index in [-0.39, 0.29) is 12.5 Å². The molecule has 0 bridgehead atoms. The summed E-state index contributed by atoms with van der Waals surface area (Å²) in [4.78, 5) is 28.4. The lowest BCUT2D eigenvalue weighted by Crippen LogP contribution is -2.51. The second kappa shape index (κ2) is 8.49. The predicted octanol–water partition coefficient (Wildman–Crippen LogP) is 1.12. The predicted molar refractivity (Wildman–Crippen MR) is 101 cm³/mol. The number of morpholine rings is 1. The molecule has 1 aliphatic heterocycles. The molecule has 0 saturated carbocycles. The molecule has 2 aromatic rings. The first-order valence-electron chi connectivity index (χ1n) is 8.96. The molecule has 0 spiro atoms. The van der Waals surface area contributed by atoms with Crippen LogP contribution in [-0.4, -0.2) is 71.8 Å². The molecule has 2 heterocycles. The maximum atomic E-state index is 13.7. The Bertz CT molecular complexity index is 854. The molecule has 1 N–H and O–H groups in total.